The smallest absolute Gasteiger partial charge is 0.147 e. The molecule has 0 N–H and O–H groups in total. The van der Waals surface area contributed by atoms with Gasteiger partial charge in [-0.1, -0.05) is 6.07 Å². The summed E-state index contributed by atoms with van der Waals surface area (Å²) in [6, 6.07) is 5.92. The van der Waals surface area contributed by atoms with Gasteiger partial charge in [-0.25, -0.2) is 4.98 Å². The van der Waals surface area contributed by atoms with Crippen molar-refractivity contribution in [3.63, 3.8) is 0 Å². The standard InChI is InChI=1S/C12H15ClN2O/c1-4-16-10-7-5-6-9-11(10)14-12(8(2)13)15(9)3/h5-8H,4H2,1-3H3. The monoisotopic (exact) mass is 238 g/mol. The molecule has 1 heterocycles. The Morgan fingerprint density at radius 3 is 2.88 bits per heavy atom. The first-order valence-corrected chi connectivity index (χ1v) is 5.81. The molecule has 0 fully saturated rings. The van der Waals surface area contributed by atoms with Crippen LogP contribution >= 0.6 is 11.6 Å². The number of aromatic nitrogens is 2. The van der Waals surface area contributed by atoms with Gasteiger partial charge in [-0.2, -0.15) is 0 Å². The average Bonchev–Trinajstić information content (AvgIpc) is 2.58. The second-order valence-electron chi connectivity index (χ2n) is 3.70. The van der Waals surface area contributed by atoms with E-state index in [1.807, 2.05) is 43.7 Å². The zero-order valence-electron chi connectivity index (χ0n) is 9.70. The highest BCUT2D eigenvalue weighted by atomic mass is 35.5. The Labute approximate surface area is 100.0 Å². The maximum atomic E-state index is 6.09. The lowest BCUT2D eigenvalue weighted by Gasteiger charge is -2.03. The molecule has 1 unspecified atom stereocenters. The van der Waals surface area contributed by atoms with Gasteiger partial charge in [0.2, 0.25) is 0 Å². The number of benzene rings is 1. The molecule has 0 aliphatic rings. The number of fused-ring (bicyclic) bond motifs is 1. The van der Waals surface area contributed by atoms with Crippen LogP contribution in [0.15, 0.2) is 18.2 Å². The number of rotatable bonds is 3. The first-order chi connectivity index (χ1) is 7.65. The lowest BCUT2D eigenvalue weighted by atomic mass is 10.3. The van der Waals surface area contributed by atoms with E-state index in [0.717, 1.165) is 22.6 Å². The van der Waals surface area contributed by atoms with E-state index in [2.05, 4.69) is 4.98 Å². The molecule has 0 aliphatic carbocycles. The molecular weight excluding hydrogens is 224 g/mol. The molecule has 1 aromatic heterocycles. The van der Waals surface area contributed by atoms with Crippen LogP contribution < -0.4 is 4.74 Å². The van der Waals surface area contributed by atoms with Gasteiger partial charge in [0.15, 0.2) is 0 Å². The zero-order valence-corrected chi connectivity index (χ0v) is 10.5. The highest BCUT2D eigenvalue weighted by molar-refractivity contribution is 6.20. The van der Waals surface area contributed by atoms with Crippen LogP contribution in [0.3, 0.4) is 0 Å². The molecule has 86 valence electrons. The third kappa shape index (κ3) is 1.76. The third-order valence-electron chi connectivity index (χ3n) is 2.56. The highest BCUT2D eigenvalue weighted by Crippen LogP contribution is 2.29. The highest BCUT2D eigenvalue weighted by Gasteiger charge is 2.14. The minimum Gasteiger partial charge on any atom is -0.492 e. The van der Waals surface area contributed by atoms with Crippen molar-refractivity contribution < 1.29 is 4.74 Å². The fourth-order valence-corrected chi connectivity index (χ4v) is 2.03. The van der Waals surface area contributed by atoms with Crippen LogP contribution in [-0.4, -0.2) is 16.2 Å². The van der Waals surface area contributed by atoms with Gasteiger partial charge in [0.05, 0.1) is 17.5 Å². The molecule has 0 saturated carbocycles. The van der Waals surface area contributed by atoms with Crippen molar-refractivity contribution in [2.75, 3.05) is 6.61 Å². The van der Waals surface area contributed by atoms with E-state index in [0.29, 0.717) is 6.61 Å². The number of alkyl halides is 1. The van der Waals surface area contributed by atoms with E-state index < -0.39 is 0 Å². The second kappa shape index (κ2) is 4.34. The van der Waals surface area contributed by atoms with E-state index in [-0.39, 0.29) is 5.38 Å². The molecule has 1 aromatic carbocycles. The quantitative estimate of drug-likeness (QED) is 0.768. The predicted molar refractivity (Wildman–Crippen MR) is 66.2 cm³/mol. The molecule has 0 saturated heterocycles. The SMILES string of the molecule is CCOc1cccc2c1nc(C(C)Cl)n2C. The van der Waals surface area contributed by atoms with Gasteiger partial charge in [0.25, 0.3) is 0 Å². The first kappa shape index (κ1) is 11.3. The van der Waals surface area contributed by atoms with Crippen LogP contribution in [0.4, 0.5) is 0 Å². The second-order valence-corrected chi connectivity index (χ2v) is 4.36. The first-order valence-electron chi connectivity index (χ1n) is 5.37. The third-order valence-corrected chi connectivity index (χ3v) is 2.76. The summed E-state index contributed by atoms with van der Waals surface area (Å²) in [5, 5.41) is -0.105. The number of imidazole rings is 1. The topological polar surface area (TPSA) is 27.1 Å². The zero-order chi connectivity index (χ0) is 11.7. The number of ether oxygens (including phenoxy) is 1. The Hall–Kier alpha value is -1.22. The van der Waals surface area contributed by atoms with Gasteiger partial charge in [-0.3, -0.25) is 0 Å². The van der Waals surface area contributed by atoms with E-state index >= 15 is 0 Å². The molecule has 3 nitrogen and oxygen atoms in total. The molecule has 0 bridgehead atoms. The molecule has 4 heteroatoms. The Bertz CT molecular complexity index is 505. The Morgan fingerprint density at radius 1 is 1.50 bits per heavy atom. The van der Waals surface area contributed by atoms with E-state index in [1.54, 1.807) is 0 Å². The van der Waals surface area contributed by atoms with E-state index in [4.69, 9.17) is 16.3 Å². The van der Waals surface area contributed by atoms with Gasteiger partial charge in [-0.15, -0.1) is 11.6 Å². The molecule has 16 heavy (non-hydrogen) atoms. The number of aryl methyl sites for hydroxylation is 1. The fraction of sp³-hybridized carbons (Fsp3) is 0.417. The van der Waals surface area contributed by atoms with Crippen LogP contribution in [0.25, 0.3) is 11.0 Å². The van der Waals surface area contributed by atoms with Crippen molar-refractivity contribution in [2.24, 2.45) is 7.05 Å². The number of nitrogens with zero attached hydrogens (tertiary/aromatic N) is 2. The summed E-state index contributed by atoms with van der Waals surface area (Å²) in [4.78, 5) is 4.54. The van der Waals surface area contributed by atoms with Crippen LogP contribution in [0.2, 0.25) is 0 Å². The summed E-state index contributed by atoms with van der Waals surface area (Å²) in [6.07, 6.45) is 0. The van der Waals surface area contributed by atoms with Crippen molar-refractivity contribution in [1.82, 2.24) is 9.55 Å². The van der Waals surface area contributed by atoms with E-state index in [1.165, 1.54) is 0 Å². The largest absolute Gasteiger partial charge is 0.492 e. The molecular formula is C12H15ClN2O. The predicted octanol–water partition coefficient (Wildman–Crippen LogP) is 3.27. The summed E-state index contributed by atoms with van der Waals surface area (Å²) < 4.78 is 7.56. The van der Waals surface area contributed by atoms with E-state index in [9.17, 15) is 0 Å². The number of para-hydroxylation sites is 1. The summed E-state index contributed by atoms with van der Waals surface area (Å²) in [6.45, 7) is 4.53. The fourth-order valence-electron chi connectivity index (χ4n) is 1.83. The van der Waals surface area contributed by atoms with Gasteiger partial charge >= 0.3 is 0 Å². The lowest BCUT2D eigenvalue weighted by Crippen LogP contribution is -1.97. The Morgan fingerprint density at radius 2 is 2.25 bits per heavy atom. The van der Waals surface area contributed by atoms with Gasteiger partial charge < -0.3 is 9.30 Å². The van der Waals surface area contributed by atoms with Crippen molar-refractivity contribution >= 4 is 22.6 Å². The number of hydrogen-bond donors (Lipinski definition) is 0. The summed E-state index contributed by atoms with van der Waals surface area (Å²) in [7, 11) is 1.97. The number of hydrogen-bond acceptors (Lipinski definition) is 2. The molecule has 0 amide bonds. The Balaban J connectivity index is 2.65. The summed E-state index contributed by atoms with van der Waals surface area (Å²) in [5.74, 6) is 1.68. The number of halogens is 1. The normalized spacial score (nSPS) is 13.0. The maximum absolute atomic E-state index is 6.09. The van der Waals surface area contributed by atoms with Crippen LogP contribution in [0, 0.1) is 0 Å². The minimum absolute atomic E-state index is 0.105. The van der Waals surface area contributed by atoms with Crippen LogP contribution in [-0.2, 0) is 7.05 Å². The molecule has 0 aliphatic heterocycles. The maximum Gasteiger partial charge on any atom is 0.147 e. The summed E-state index contributed by atoms with van der Waals surface area (Å²) >= 11 is 6.09. The minimum atomic E-state index is -0.105. The van der Waals surface area contributed by atoms with Crippen LogP contribution in [0.1, 0.15) is 25.0 Å². The molecule has 0 spiro atoms. The van der Waals surface area contributed by atoms with Crippen molar-refractivity contribution in [3.8, 4) is 5.75 Å². The van der Waals surface area contributed by atoms with Gasteiger partial charge in [0, 0.05) is 7.05 Å². The molecule has 2 rings (SSSR count). The van der Waals surface area contributed by atoms with Crippen molar-refractivity contribution in [3.05, 3.63) is 24.0 Å². The van der Waals surface area contributed by atoms with Gasteiger partial charge in [-0.05, 0) is 26.0 Å². The van der Waals surface area contributed by atoms with Crippen molar-refractivity contribution in [2.45, 2.75) is 19.2 Å². The molecule has 2 aromatic rings. The average molecular weight is 239 g/mol. The van der Waals surface area contributed by atoms with Gasteiger partial charge in [0.1, 0.15) is 17.1 Å². The lowest BCUT2D eigenvalue weighted by molar-refractivity contribution is 0.343. The Kier molecular flexibility index (Phi) is 3.06. The molecule has 1 atom stereocenters. The van der Waals surface area contributed by atoms with Crippen LogP contribution in [0.5, 0.6) is 5.75 Å². The molecule has 0 radical (unpaired) electrons. The van der Waals surface area contributed by atoms with Crippen molar-refractivity contribution in [1.29, 1.82) is 0 Å². The summed E-state index contributed by atoms with van der Waals surface area (Å²) in [5.41, 5.74) is 1.93.